The van der Waals surface area contributed by atoms with Gasteiger partial charge >= 0.3 is 0 Å². The van der Waals surface area contributed by atoms with Gasteiger partial charge in [0.25, 0.3) is 0 Å². The van der Waals surface area contributed by atoms with Gasteiger partial charge < -0.3 is 9.88 Å². The van der Waals surface area contributed by atoms with Gasteiger partial charge in [0.15, 0.2) is 0 Å². The van der Waals surface area contributed by atoms with Crippen molar-refractivity contribution >= 4 is 11.0 Å². The molecule has 4 nitrogen and oxygen atoms in total. The van der Waals surface area contributed by atoms with Gasteiger partial charge in [0.2, 0.25) is 0 Å². The predicted octanol–water partition coefficient (Wildman–Crippen LogP) is 1.62. The Morgan fingerprint density at radius 1 is 1.41 bits per heavy atom. The smallest absolute Gasteiger partial charge is 0.0955 e. The van der Waals surface area contributed by atoms with Crippen LogP contribution >= 0.6 is 0 Å². The number of nitrogens with zero attached hydrogens (tertiary/aromatic N) is 3. The van der Waals surface area contributed by atoms with Crippen LogP contribution in [-0.2, 0) is 13.5 Å². The maximum atomic E-state index is 8.40. The van der Waals surface area contributed by atoms with Crippen LogP contribution in [0, 0.1) is 11.3 Å². The summed E-state index contributed by atoms with van der Waals surface area (Å²) in [6.45, 7) is 1.67. The predicted molar refractivity (Wildman–Crippen MR) is 67.5 cm³/mol. The van der Waals surface area contributed by atoms with Crippen LogP contribution in [0.4, 0.5) is 0 Å². The monoisotopic (exact) mass is 228 g/mol. The maximum Gasteiger partial charge on any atom is 0.0955 e. The molecule has 1 aromatic heterocycles. The number of fused-ring (bicyclic) bond motifs is 1. The van der Waals surface area contributed by atoms with E-state index < -0.39 is 0 Å². The minimum Gasteiger partial charge on any atom is -0.334 e. The topological polar surface area (TPSA) is 53.6 Å². The lowest BCUT2D eigenvalue weighted by atomic mass is 10.1. The molecule has 2 aromatic rings. The Morgan fingerprint density at radius 2 is 2.29 bits per heavy atom. The van der Waals surface area contributed by atoms with E-state index in [2.05, 4.69) is 34.6 Å². The molecule has 0 aliphatic carbocycles. The quantitative estimate of drug-likeness (QED) is 0.791. The molecule has 0 unspecified atom stereocenters. The molecule has 1 N–H and O–H groups in total. The number of nitrogens with one attached hydrogen (secondary N) is 1. The highest BCUT2D eigenvalue weighted by molar-refractivity contribution is 5.75. The van der Waals surface area contributed by atoms with Crippen molar-refractivity contribution in [2.45, 2.75) is 12.8 Å². The second kappa shape index (κ2) is 5.46. The molecule has 0 fully saturated rings. The van der Waals surface area contributed by atoms with Crippen LogP contribution in [0.1, 0.15) is 12.0 Å². The van der Waals surface area contributed by atoms with Gasteiger partial charge in [0.1, 0.15) is 0 Å². The average Bonchev–Trinajstić information content (AvgIpc) is 2.71. The first-order valence-corrected chi connectivity index (χ1v) is 5.79. The second-order valence-corrected chi connectivity index (χ2v) is 4.09. The molecule has 0 atom stereocenters. The van der Waals surface area contributed by atoms with E-state index in [1.807, 2.05) is 17.9 Å². The van der Waals surface area contributed by atoms with E-state index in [0.29, 0.717) is 6.42 Å². The number of nitriles is 1. The molecule has 2 rings (SSSR count). The summed E-state index contributed by atoms with van der Waals surface area (Å²) in [6, 6.07) is 8.48. The molecule has 0 saturated carbocycles. The Hall–Kier alpha value is -1.86. The summed E-state index contributed by atoms with van der Waals surface area (Å²) in [4.78, 5) is 4.34. The minimum atomic E-state index is 0.569. The van der Waals surface area contributed by atoms with E-state index in [9.17, 15) is 0 Å². The summed E-state index contributed by atoms with van der Waals surface area (Å²) >= 11 is 0. The molecule has 1 heterocycles. The van der Waals surface area contributed by atoms with E-state index in [1.165, 1.54) is 5.56 Å². The molecule has 0 bridgehead atoms. The van der Waals surface area contributed by atoms with E-state index >= 15 is 0 Å². The first-order valence-electron chi connectivity index (χ1n) is 5.79. The molecular formula is C13H16N4. The zero-order valence-electron chi connectivity index (χ0n) is 9.98. The largest absolute Gasteiger partial charge is 0.334 e. The summed E-state index contributed by atoms with van der Waals surface area (Å²) in [6.07, 6.45) is 3.37. The van der Waals surface area contributed by atoms with Crippen LogP contribution in [0.25, 0.3) is 11.0 Å². The average molecular weight is 228 g/mol. The van der Waals surface area contributed by atoms with Crippen LogP contribution in [0.2, 0.25) is 0 Å². The van der Waals surface area contributed by atoms with Gasteiger partial charge in [-0.05, 0) is 30.7 Å². The van der Waals surface area contributed by atoms with Crippen molar-refractivity contribution < 1.29 is 0 Å². The highest BCUT2D eigenvalue weighted by atomic mass is 15.0. The summed E-state index contributed by atoms with van der Waals surface area (Å²) in [5.41, 5.74) is 3.48. The Kier molecular flexibility index (Phi) is 3.73. The van der Waals surface area contributed by atoms with Crippen molar-refractivity contribution in [2.24, 2.45) is 7.05 Å². The lowest BCUT2D eigenvalue weighted by molar-refractivity contribution is 0.692. The van der Waals surface area contributed by atoms with Gasteiger partial charge in [-0.15, -0.1) is 0 Å². The summed E-state index contributed by atoms with van der Waals surface area (Å²) in [5.74, 6) is 0. The SMILES string of the molecule is Cn1cnc2cc(CCNCCC#N)ccc21. The minimum absolute atomic E-state index is 0.569. The molecule has 4 heteroatoms. The molecule has 0 aliphatic rings. The van der Waals surface area contributed by atoms with Crippen LogP contribution in [0.5, 0.6) is 0 Å². The van der Waals surface area contributed by atoms with E-state index in [-0.39, 0.29) is 0 Å². The molecule has 0 amide bonds. The van der Waals surface area contributed by atoms with Crippen LogP contribution in [0.15, 0.2) is 24.5 Å². The zero-order chi connectivity index (χ0) is 12.1. The van der Waals surface area contributed by atoms with Gasteiger partial charge in [0, 0.05) is 20.0 Å². The highest BCUT2D eigenvalue weighted by Crippen LogP contribution is 2.13. The Bertz CT molecular complexity index is 536. The molecular weight excluding hydrogens is 212 g/mol. The van der Waals surface area contributed by atoms with E-state index in [1.54, 1.807) is 0 Å². The number of hydrogen-bond donors (Lipinski definition) is 1. The van der Waals surface area contributed by atoms with Crippen molar-refractivity contribution in [1.29, 1.82) is 5.26 Å². The molecule has 0 radical (unpaired) electrons. The molecule has 88 valence electrons. The first-order chi connectivity index (χ1) is 8.31. The normalized spacial score (nSPS) is 10.6. The number of benzene rings is 1. The van der Waals surface area contributed by atoms with Crippen LogP contribution in [-0.4, -0.2) is 22.6 Å². The zero-order valence-corrected chi connectivity index (χ0v) is 9.98. The summed E-state index contributed by atoms with van der Waals surface area (Å²) in [5, 5.41) is 11.6. The van der Waals surface area contributed by atoms with Gasteiger partial charge in [-0.25, -0.2) is 4.98 Å². The molecule has 1 aromatic carbocycles. The molecule has 17 heavy (non-hydrogen) atoms. The standard InChI is InChI=1S/C13H16N4/c1-17-10-16-12-9-11(3-4-13(12)17)5-8-15-7-2-6-14/h3-4,9-10,15H,2,5,7-8H2,1H3. The van der Waals surface area contributed by atoms with Crippen molar-refractivity contribution in [3.05, 3.63) is 30.1 Å². The number of aromatic nitrogens is 2. The van der Waals surface area contributed by atoms with Gasteiger partial charge in [-0.3, -0.25) is 0 Å². The van der Waals surface area contributed by atoms with Gasteiger partial charge in [-0.1, -0.05) is 6.07 Å². The Morgan fingerprint density at radius 3 is 3.12 bits per heavy atom. The van der Waals surface area contributed by atoms with Crippen LogP contribution in [0.3, 0.4) is 0 Å². The van der Waals surface area contributed by atoms with Crippen molar-refractivity contribution in [1.82, 2.24) is 14.9 Å². The number of imidazole rings is 1. The number of rotatable bonds is 5. The van der Waals surface area contributed by atoms with Gasteiger partial charge in [-0.2, -0.15) is 5.26 Å². The third-order valence-corrected chi connectivity index (χ3v) is 2.79. The number of hydrogen-bond acceptors (Lipinski definition) is 3. The van der Waals surface area contributed by atoms with Crippen molar-refractivity contribution in [3.8, 4) is 6.07 Å². The lowest BCUT2D eigenvalue weighted by Crippen LogP contribution is -2.18. The summed E-state index contributed by atoms with van der Waals surface area (Å²) < 4.78 is 2.02. The third-order valence-electron chi connectivity index (χ3n) is 2.79. The van der Waals surface area contributed by atoms with Gasteiger partial charge in [0.05, 0.1) is 23.4 Å². The van der Waals surface area contributed by atoms with E-state index in [0.717, 1.165) is 30.5 Å². The first kappa shape index (κ1) is 11.6. The fourth-order valence-corrected chi connectivity index (χ4v) is 1.84. The molecule has 0 aliphatic heterocycles. The Balaban J connectivity index is 1.93. The fourth-order valence-electron chi connectivity index (χ4n) is 1.84. The summed E-state index contributed by atoms with van der Waals surface area (Å²) in [7, 11) is 2.00. The fraction of sp³-hybridized carbons (Fsp3) is 0.385. The van der Waals surface area contributed by atoms with E-state index in [4.69, 9.17) is 5.26 Å². The van der Waals surface area contributed by atoms with Crippen LogP contribution < -0.4 is 5.32 Å². The molecule has 0 saturated heterocycles. The highest BCUT2D eigenvalue weighted by Gasteiger charge is 2.00. The third kappa shape index (κ3) is 2.83. The maximum absolute atomic E-state index is 8.40. The van der Waals surface area contributed by atoms with Crippen molar-refractivity contribution in [2.75, 3.05) is 13.1 Å². The molecule has 0 spiro atoms. The Labute approximate surface area is 101 Å². The lowest BCUT2D eigenvalue weighted by Gasteiger charge is -2.03. The second-order valence-electron chi connectivity index (χ2n) is 4.09. The number of aryl methyl sites for hydroxylation is 1. The van der Waals surface area contributed by atoms with Crippen molar-refractivity contribution in [3.63, 3.8) is 0 Å².